The van der Waals surface area contributed by atoms with Crippen LogP contribution in [0.5, 0.6) is 0 Å². The van der Waals surface area contributed by atoms with Gasteiger partial charge in [-0.15, -0.1) is 0 Å². The Morgan fingerprint density at radius 2 is 1.57 bits per heavy atom. The van der Waals surface area contributed by atoms with E-state index in [0.29, 0.717) is 5.91 Å². The molecule has 2 aromatic carbocycles. The molecule has 28 heavy (non-hydrogen) atoms. The van der Waals surface area contributed by atoms with Crippen molar-refractivity contribution in [3.05, 3.63) is 77.5 Å². The third-order valence-electron chi connectivity index (χ3n) is 6.35. The predicted molar refractivity (Wildman–Crippen MR) is 110 cm³/mol. The Bertz CT molecular complexity index is 1000. The van der Waals surface area contributed by atoms with Gasteiger partial charge in [0.25, 0.3) is 0 Å². The van der Waals surface area contributed by atoms with Crippen molar-refractivity contribution in [2.45, 2.75) is 31.1 Å². The van der Waals surface area contributed by atoms with Crippen molar-refractivity contribution in [3.8, 4) is 11.3 Å². The zero-order valence-corrected chi connectivity index (χ0v) is 16.3. The number of aryl methyl sites for hydroxylation is 1. The van der Waals surface area contributed by atoms with Gasteiger partial charge in [-0.2, -0.15) is 5.10 Å². The highest BCUT2D eigenvalue weighted by Gasteiger charge is 2.53. The van der Waals surface area contributed by atoms with Gasteiger partial charge >= 0.3 is 0 Å². The highest BCUT2D eigenvalue weighted by molar-refractivity contribution is 5.91. The van der Waals surface area contributed by atoms with Crippen molar-refractivity contribution in [1.29, 1.82) is 0 Å². The summed E-state index contributed by atoms with van der Waals surface area (Å²) in [4.78, 5) is 15.5. The number of hydrogen-bond donors (Lipinski definition) is 0. The van der Waals surface area contributed by atoms with E-state index in [1.54, 1.807) is 0 Å². The molecule has 1 aliphatic heterocycles. The van der Waals surface area contributed by atoms with Gasteiger partial charge < -0.3 is 4.90 Å². The van der Waals surface area contributed by atoms with Crippen LogP contribution in [0.1, 0.15) is 29.7 Å². The lowest BCUT2D eigenvalue weighted by atomic mass is 9.94. The Kier molecular flexibility index (Phi) is 4.08. The number of carbonyl (C=O) groups is 1. The SMILES string of the molecule is Cn1nc(-c2ccccc2)c2c1CCN(C(=O)C1(c3ccccc3)CC1)CC2. The molecule has 4 heteroatoms. The predicted octanol–water partition coefficient (Wildman–Crippen LogP) is 3.75. The molecule has 0 bridgehead atoms. The van der Waals surface area contributed by atoms with Crippen molar-refractivity contribution < 1.29 is 4.79 Å². The molecule has 2 heterocycles. The molecule has 1 fully saturated rings. The van der Waals surface area contributed by atoms with Gasteiger partial charge in [0.15, 0.2) is 0 Å². The molecule has 0 unspecified atom stereocenters. The average Bonchev–Trinajstić information content (AvgIpc) is 3.53. The second-order valence-corrected chi connectivity index (χ2v) is 8.00. The number of aromatic nitrogens is 2. The minimum atomic E-state index is -0.279. The number of rotatable bonds is 3. The summed E-state index contributed by atoms with van der Waals surface area (Å²) in [5, 5.41) is 4.80. The molecule has 1 aromatic heterocycles. The first-order chi connectivity index (χ1) is 13.7. The number of carbonyl (C=O) groups excluding carboxylic acids is 1. The maximum atomic E-state index is 13.5. The molecule has 5 rings (SSSR count). The first kappa shape index (κ1) is 17.2. The van der Waals surface area contributed by atoms with Crippen LogP contribution >= 0.6 is 0 Å². The monoisotopic (exact) mass is 371 g/mol. The van der Waals surface area contributed by atoms with Crippen LogP contribution in [0, 0.1) is 0 Å². The number of amides is 1. The minimum absolute atomic E-state index is 0.279. The average molecular weight is 371 g/mol. The fraction of sp³-hybridized carbons (Fsp3) is 0.333. The summed E-state index contributed by atoms with van der Waals surface area (Å²) in [6.45, 7) is 1.54. The zero-order chi connectivity index (χ0) is 19.1. The number of hydrogen-bond acceptors (Lipinski definition) is 2. The number of nitrogens with zero attached hydrogens (tertiary/aromatic N) is 3. The third kappa shape index (κ3) is 2.75. The molecule has 1 aliphatic carbocycles. The summed E-state index contributed by atoms with van der Waals surface area (Å²) in [7, 11) is 2.02. The van der Waals surface area contributed by atoms with Crippen LogP contribution in [0.3, 0.4) is 0 Å². The van der Waals surface area contributed by atoms with Crippen molar-refractivity contribution in [1.82, 2.24) is 14.7 Å². The largest absolute Gasteiger partial charge is 0.341 e. The topological polar surface area (TPSA) is 38.1 Å². The first-order valence-electron chi connectivity index (χ1n) is 10.1. The van der Waals surface area contributed by atoms with Crippen LogP contribution in [0.4, 0.5) is 0 Å². The summed E-state index contributed by atoms with van der Waals surface area (Å²) >= 11 is 0. The van der Waals surface area contributed by atoms with E-state index in [0.717, 1.165) is 50.0 Å². The van der Waals surface area contributed by atoms with E-state index < -0.39 is 0 Å². The Labute approximate surface area is 165 Å². The van der Waals surface area contributed by atoms with Gasteiger partial charge in [0.2, 0.25) is 5.91 Å². The van der Waals surface area contributed by atoms with Crippen molar-refractivity contribution in [2.75, 3.05) is 13.1 Å². The van der Waals surface area contributed by atoms with Crippen LogP contribution < -0.4 is 0 Å². The third-order valence-corrected chi connectivity index (χ3v) is 6.35. The van der Waals surface area contributed by atoms with E-state index in [-0.39, 0.29) is 5.41 Å². The van der Waals surface area contributed by atoms with E-state index in [9.17, 15) is 4.79 Å². The van der Waals surface area contributed by atoms with Gasteiger partial charge in [0.05, 0.1) is 11.1 Å². The molecule has 2 aliphatic rings. The van der Waals surface area contributed by atoms with Crippen LogP contribution in [0.15, 0.2) is 60.7 Å². The molecule has 3 aromatic rings. The highest BCUT2D eigenvalue weighted by Crippen LogP contribution is 2.49. The van der Waals surface area contributed by atoms with Crippen molar-refractivity contribution >= 4 is 5.91 Å². The molecule has 0 atom stereocenters. The molecule has 0 N–H and O–H groups in total. The maximum absolute atomic E-state index is 13.5. The first-order valence-corrected chi connectivity index (χ1v) is 10.1. The molecule has 1 amide bonds. The summed E-state index contributed by atoms with van der Waals surface area (Å²) < 4.78 is 2.01. The van der Waals surface area contributed by atoms with E-state index in [4.69, 9.17) is 5.10 Å². The number of fused-ring (bicyclic) bond motifs is 1. The van der Waals surface area contributed by atoms with Gasteiger partial charge in [-0.25, -0.2) is 0 Å². The Balaban J connectivity index is 1.41. The quantitative estimate of drug-likeness (QED) is 0.703. The molecule has 1 saturated carbocycles. The fourth-order valence-corrected chi connectivity index (χ4v) is 4.62. The lowest BCUT2D eigenvalue weighted by Gasteiger charge is -2.26. The van der Waals surface area contributed by atoms with Crippen LogP contribution in [0.2, 0.25) is 0 Å². The van der Waals surface area contributed by atoms with Gasteiger partial charge in [0.1, 0.15) is 0 Å². The molecule has 0 radical (unpaired) electrons. The number of benzene rings is 2. The van der Waals surface area contributed by atoms with Gasteiger partial charge in [-0.3, -0.25) is 9.48 Å². The zero-order valence-electron chi connectivity index (χ0n) is 16.3. The van der Waals surface area contributed by atoms with Gasteiger partial charge in [-0.05, 0) is 24.8 Å². The molecular formula is C24H25N3O. The lowest BCUT2D eigenvalue weighted by molar-refractivity contribution is -0.133. The second kappa shape index (κ2) is 6.62. The summed E-state index contributed by atoms with van der Waals surface area (Å²) in [5.41, 5.74) is 5.68. The highest BCUT2D eigenvalue weighted by atomic mass is 16.2. The molecule has 4 nitrogen and oxygen atoms in total. The molecular weight excluding hydrogens is 346 g/mol. The van der Waals surface area contributed by atoms with Crippen molar-refractivity contribution in [3.63, 3.8) is 0 Å². The standard InChI is InChI=1S/C24H25N3O/c1-26-21-13-17-27(23(28)24(14-15-24)19-10-6-3-7-11-19)16-12-20(21)22(25-26)18-8-4-2-5-9-18/h2-11H,12-17H2,1H3. The van der Waals surface area contributed by atoms with Crippen LogP contribution in [-0.2, 0) is 30.1 Å². The molecule has 142 valence electrons. The van der Waals surface area contributed by atoms with Gasteiger partial charge in [0, 0.05) is 43.4 Å². The van der Waals surface area contributed by atoms with E-state index >= 15 is 0 Å². The van der Waals surface area contributed by atoms with Crippen LogP contribution in [0.25, 0.3) is 11.3 Å². The molecule has 0 spiro atoms. The summed E-state index contributed by atoms with van der Waals surface area (Å²) in [6, 6.07) is 20.7. The van der Waals surface area contributed by atoms with E-state index in [1.165, 1.54) is 16.8 Å². The second-order valence-electron chi connectivity index (χ2n) is 8.00. The fourth-order valence-electron chi connectivity index (χ4n) is 4.62. The maximum Gasteiger partial charge on any atom is 0.233 e. The van der Waals surface area contributed by atoms with E-state index in [1.807, 2.05) is 36.0 Å². The molecule has 0 saturated heterocycles. The summed E-state index contributed by atoms with van der Waals surface area (Å²) in [6.07, 6.45) is 3.67. The van der Waals surface area contributed by atoms with E-state index in [2.05, 4.69) is 41.3 Å². The van der Waals surface area contributed by atoms with Gasteiger partial charge in [-0.1, -0.05) is 60.7 Å². The Hall–Kier alpha value is -2.88. The summed E-state index contributed by atoms with van der Waals surface area (Å²) in [5.74, 6) is 0.306. The smallest absolute Gasteiger partial charge is 0.233 e. The Morgan fingerprint density at radius 1 is 0.929 bits per heavy atom. The van der Waals surface area contributed by atoms with Crippen LogP contribution in [-0.4, -0.2) is 33.7 Å². The normalized spacial score (nSPS) is 17.7. The van der Waals surface area contributed by atoms with Crippen molar-refractivity contribution in [2.24, 2.45) is 7.05 Å². The Morgan fingerprint density at radius 3 is 2.25 bits per heavy atom. The minimum Gasteiger partial charge on any atom is -0.341 e. The lowest BCUT2D eigenvalue weighted by Crippen LogP contribution is -2.41.